The van der Waals surface area contributed by atoms with E-state index in [1.54, 1.807) is 42.5 Å². The summed E-state index contributed by atoms with van der Waals surface area (Å²) in [6.07, 6.45) is 0.760. The molecular weight excluding hydrogens is 410 g/mol. The van der Waals surface area contributed by atoms with Gasteiger partial charge in [0.15, 0.2) is 0 Å². The van der Waals surface area contributed by atoms with Crippen molar-refractivity contribution in [1.82, 2.24) is 4.90 Å². The molecule has 1 N–H and O–H groups in total. The number of urea groups is 1. The average Bonchev–Trinajstić information content (AvgIpc) is 3.00. The van der Waals surface area contributed by atoms with E-state index in [1.165, 1.54) is 12.0 Å². The van der Waals surface area contributed by atoms with Gasteiger partial charge in [0, 0.05) is 19.3 Å². The van der Waals surface area contributed by atoms with Crippen LogP contribution in [0, 0.1) is 6.92 Å². The van der Waals surface area contributed by atoms with Crippen molar-refractivity contribution in [2.45, 2.75) is 32.7 Å². The molecule has 1 aliphatic heterocycles. The normalized spacial score (nSPS) is 15.9. The number of hydrogen-bond acceptors (Lipinski definition) is 5. The maximum Gasteiger partial charge on any atom is 0.332 e. The summed E-state index contributed by atoms with van der Waals surface area (Å²) in [5.41, 5.74) is 2.02. The van der Waals surface area contributed by atoms with Gasteiger partial charge in [0.1, 0.15) is 11.8 Å². The third-order valence-corrected chi connectivity index (χ3v) is 5.10. The van der Waals surface area contributed by atoms with Crippen LogP contribution < -0.4 is 15.0 Å². The highest BCUT2D eigenvalue weighted by Gasteiger charge is 2.46. The Bertz CT molecular complexity index is 960. The maximum absolute atomic E-state index is 13.2. The molecule has 1 heterocycles. The zero-order chi connectivity index (χ0) is 23.1. The zero-order valence-corrected chi connectivity index (χ0v) is 18.7. The first-order valence-corrected chi connectivity index (χ1v) is 10.7. The molecule has 0 radical (unpaired) electrons. The number of anilines is 2. The fourth-order valence-electron chi connectivity index (χ4n) is 3.52. The lowest BCUT2D eigenvalue weighted by Gasteiger charge is -2.21. The Morgan fingerprint density at radius 3 is 2.50 bits per heavy atom. The Morgan fingerprint density at radius 2 is 1.84 bits per heavy atom. The van der Waals surface area contributed by atoms with Crippen molar-refractivity contribution >= 4 is 29.2 Å². The number of ether oxygens (including phenoxy) is 2. The van der Waals surface area contributed by atoms with Crippen LogP contribution in [0.4, 0.5) is 16.2 Å². The second-order valence-corrected chi connectivity index (χ2v) is 7.62. The number of carbonyl (C=O) groups is 3. The van der Waals surface area contributed by atoms with Gasteiger partial charge >= 0.3 is 6.03 Å². The number of imide groups is 1. The van der Waals surface area contributed by atoms with E-state index in [1.807, 2.05) is 19.9 Å². The number of methoxy groups -OCH3 is 1. The van der Waals surface area contributed by atoms with Crippen LogP contribution in [0.15, 0.2) is 48.5 Å². The minimum absolute atomic E-state index is 0.148. The van der Waals surface area contributed by atoms with Crippen molar-refractivity contribution in [3.63, 3.8) is 0 Å². The van der Waals surface area contributed by atoms with Gasteiger partial charge in [-0.2, -0.15) is 0 Å². The number of carbonyl (C=O) groups excluding carboxylic acids is 3. The van der Waals surface area contributed by atoms with Crippen LogP contribution in [0.25, 0.3) is 0 Å². The molecule has 2 aromatic carbocycles. The quantitative estimate of drug-likeness (QED) is 0.572. The summed E-state index contributed by atoms with van der Waals surface area (Å²) < 4.78 is 10.6. The van der Waals surface area contributed by atoms with Gasteiger partial charge in [-0.25, -0.2) is 9.69 Å². The average molecular weight is 440 g/mol. The molecule has 0 unspecified atom stereocenters. The standard InChI is InChI=1S/C24H29N3O5/c1-4-13-32-20-10-8-18(9-11-20)25-22(28)16-21-23(29)27(19-7-5-6-17(2)15-19)24(30)26(21)12-14-31-3/h5-11,15,21H,4,12-14,16H2,1-3H3,(H,25,28)/t21-/m1/s1. The van der Waals surface area contributed by atoms with E-state index in [0.717, 1.165) is 22.6 Å². The Hall–Kier alpha value is -3.39. The molecule has 1 saturated heterocycles. The highest BCUT2D eigenvalue weighted by molar-refractivity contribution is 6.22. The van der Waals surface area contributed by atoms with E-state index in [0.29, 0.717) is 18.0 Å². The highest BCUT2D eigenvalue weighted by atomic mass is 16.5. The molecule has 8 heteroatoms. The molecule has 0 bridgehead atoms. The molecule has 32 heavy (non-hydrogen) atoms. The summed E-state index contributed by atoms with van der Waals surface area (Å²) in [5.74, 6) is -0.0528. The second-order valence-electron chi connectivity index (χ2n) is 7.62. The zero-order valence-electron chi connectivity index (χ0n) is 18.7. The molecule has 0 aliphatic carbocycles. The SMILES string of the molecule is CCCOc1ccc(NC(=O)C[C@@H]2C(=O)N(c3cccc(C)c3)C(=O)N2CCOC)cc1. The maximum atomic E-state index is 13.2. The number of rotatable bonds is 10. The van der Waals surface area contributed by atoms with E-state index in [2.05, 4.69) is 5.32 Å². The molecule has 1 atom stereocenters. The Morgan fingerprint density at radius 1 is 1.09 bits per heavy atom. The van der Waals surface area contributed by atoms with Crippen molar-refractivity contribution < 1.29 is 23.9 Å². The molecule has 8 nitrogen and oxygen atoms in total. The number of nitrogens with zero attached hydrogens (tertiary/aromatic N) is 2. The summed E-state index contributed by atoms with van der Waals surface area (Å²) in [4.78, 5) is 41.4. The van der Waals surface area contributed by atoms with Gasteiger partial charge in [-0.3, -0.25) is 9.59 Å². The third-order valence-electron chi connectivity index (χ3n) is 5.10. The van der Waals surface area contributed by atoms with Crippen molar-refractivity contribution in [2.75, 3.05) is 37.1 Å². The van der Waals surface area contributed by atoms with E-state index >= 15 is 0 Å². The molecule has 0 aromatic heterocycles. The van der Waals surface area contributed by atoms with Crippen LogP contribution in [0.5, 0.6) is 5.75 Å². The van der Waals surface area contributed by atoms with Crippen molar-refractivity contribution in [1.29, 1.82) is 0 Å². The van der Waals surface area contributed by atoms with Crippen LogP contribution in [0.1, 0.15) is 25.3 Å². The first-order valence-electron chi connectivity index (χ1n) is 10.7. The lowest BCUT2D eigenvalue weighted by atomic mass is 10.1. The van der Waals surface area contributed by atoms with Crippen LogP contribution in [-0.2, 0) is 14.3 Å². The number of aryl methyl sites for hydroxylation is 1. The van der Waals surface area contributed by atoms with Gasteiger partial charge in [-0.15, -0.1) is 0 Å². The number of benzene rings is 2. The minimum atomic E-state index is -0.898. The topological polar surface area (TPSA) is 88.2 Å². The summed E-state index contributed by atoms with van der Waals surface area (Å²) in [5, 5.41) is 2.79. The summed E-state index contributed by atoms with van der Waals surface area (Å²) in [6, 6.07) is 12.9. The molecule has 1 aliphatic rings. The number of nitrogens with one attached hydrogen (secondary N) is 1. The summed E-state index contributed by atoms with van der Waals surface area (Å²) in [6.45, 7) is 5.02. The Kier molecular flexibility index (Phi) is 7.83. The van der Waals surface area contributed by atoms with Crippen LogP contribution in [-0.4, -0.2) is 55.7 Å². The van der Waals surface area contributed by atoms with Crippen molar-refractivity contribution in [2.24, 2.45) is 0 Å². The van der Waals surface area contributed by atoms with Gasteiger partial charge in [-0.1, -0.05) is 19.1 Å². The third kappa shape index (κ3) is 5.45. The molecule has 2 aromatic rings. The molecule has 3 rings (SSSR count). The fraction of sp³-hybridized carbons (Fsp3) is 0.375. The molecular formula is C24H29N3O5. The Balaban J connectivity index is 1.72. The molecule has 4 amide bonds. The lowest BCUT2D eigenvalue weighted by molar-refractivity contribution is -0.124. The van der Waals surface area contributed by atoms with Gasteiger partial charge in [-0.05, 0) is 55.3 Å². The minimum Gasteiger partial charge on any atom is -0.494 e. The van der Waals surface area contributed by atoms with Crippen molar-refractivity contribution in [3.8, 4) is 5.75 Å². The van der Waals surface area contributed by atoms with Gasteiger partial charge < -0.3 is 19.7 Å². The Labute approximate surface area is 188 Å². The van der Waals surface area contributed by atoms with E-state index < -0.39 is 18.0 Å². The first kappa shape index (κ1) is 23.3. The monoisotopic (exact) mass is 439 g/mol. The first-order chi connectivity index (χ1) is 15.4. The van der Waals surface area contributed by atoms with E-state index in [-0.39, 0.29) is 25.5 Å². The number of hydrogen-bond donors (Lipinski definition) is 1. The fourth-order valence-corrected chi connectivity index (χ4v) is 3.52. The summed E-state index contributed by atoms with van der Waals surface area (Å²) >= 11 is 0. The molecule has 170 valence electrons. The summed E-state index contributed by atoms with van der Waals surface area (Å²) in [7, 11) is 1.52. The largest absolute Gasteiger partial charge is 0.494 e. The van der Waals surface area contributed by atoms with Gasteiger partial charge in [0.05, 0.1) is 25.3 Å². The second kappa shape index (κ2) is 10.8. The van der Waals surface area contributed by atoms with E-state index in [9.17, 15) is 14.4 Å². The van der Waals surface area contributed by atoms with Gasteiger partial charge in [0.25, 0.3) is 5.91 Å². The lowest BCUT2D eigenvalue weighted by Crippen LogP contribution is -2.39. The molecule has 0 spiro atoms. The molecule has 0 saturated carbocycles. The van der Waals surface area contributed by atoms with Gasteiger partial charge in [0.2, 0.25) is 5.91 Å². The van der Waals surface area contributed by atoms with Crippen LogP contribution in [0.2, 0.25) is 0 Å². The highest BCUT2D eigenvalue weighted by Crippen LogP contribution is 2.27. The van der Waals surface area contributed by atoms with Crippen molar-refractivity contribution in [3.05, 3.63) is 54.1 Å². The van der Waals surface area contributed by atoms with E-state index in [4.69, 9.17) is 9.47 Å². The number of amides is 4. The smallest absolute Gasteiger partial charge is 0.332 e. The predicted molar refractivity (Wildman–Crippen MR) is 122 cm³/mol. The van der Waals surface area contributed by atoms with Crippen LogP contribution >= 0.6 is 0 Å². The molecule has 1 fully saturated rings. The van der Waals surface area contributed by atoms with Crippen LogP contribution in [0.3, 0.4) is 0 Å². The predicted octanol–water partition coefficient (Wildman–Crippen LogP) is 3.60.